The molecule has 1 aromatic heterocycles. The van der Waals surface area contributed by atoms with Crippen LogP contribution in [0.2, 0.25) is 0 Å². The molecule has 0 saturated heterocycles. The van der Waals surface area contributed by atoms with Gasteiger partial charge in [0.1, 0.15) is 0 Å². The van der Waals surface area contributed by atoms with E-state index < -0.39 is 0 Å². The number of aromatic nitrogens is 2. The molecule has 1 aromatic carbocycles. The molecule has 0 spiro atoms. The van der Waals surface area contributed by atoms with Gasteiger partial charge in [-0.3, -0.25) is 4.68 Å². The van der Waals surface area contributed by atoms with E-state index in [2.05, 4.69) is 46.4 Å². The van der Waals surface area contributed by atoms with Gasteiger partial charge in [-0.25, -0.2) is 0 Å². The molecule has 1 saturated carbocycles. The van der Waals surface area contributed by atoms with Gasteiger partial charge in [-0.15, -0.1) is 0 Å². The molecule has 2 aromatic rings. The summed E-state index contributed by atoms with van der Waals surface area (Å²) < 4.78 is 2.30. The SMILES string of the molecule is CNCc1cc(CCc2ccccc2)n(CC2CCCCC2)n1. The fraction of sp³-hybridized carbons (Fsp3) is 0.550. The van der Waals surface area contributed by atoms with Crippen molar-refractivity contribution in [2.75, 3.05) is 7.05 Å². The zero-order valence-corrected chi connectivity index (χ0v) is 14.3. The molecule has 1 N–H and O–H groups in total. The normalized spacial score (nSPS) is 15.9. The van der Waals surface area contributed by atoms with Crippen molar-refractivity contribution in [3.63, 3.8) is 0 Å². The molecular weight excluding hydrogens is 282 g/mol. The molecular formula is C20H29N3. The number of nitrogens with zero attached hydrogens (tertiary/aromatic N) is 2. The van der Waals surface area contributed by atoms with Crippen molar-refractivity contribution in [1.29, 1.82) is 0 Å². The summed E-state index contributed by atoms with van der Waals surface area (Å²) in [5.41, 5.74) is 3.98. The molecule has 1 aliphatic carbocycles. The van der Waals surface area contributed by atoms with Crippen LogP contribution in [0.4, 0.5) is 0 Å². The number of hydrogen-bond donors (Lipinski definition) is 1. The second-order valence-corrected chi connectivity index (χ2v) is 6.83. The van der Waals surface area contributed by atoms with Crippen molar-refractivity contribution in [3.05, 3.63) is 53.3 Å². The summed E-state index contributed by atoms with van der Waals surface area (Å²) in [6.45, 7) is 1.96. The van der Waals surface area contributed by atoms with Gasteiger partial charge in [0, 0.05) is 18.8 Å². The molecule has 0 atom stereocenters. The maximum Gasteiger partial charge on any atom is 0.0765 e. The Hall–Kier alpha value is -1.61. The molecule has 0 aliphatic heterocycles. The van der Waals surface area contributed by atoms with E-state index >= 15 is 0 Å². The van der Waals surface area contributed by atoms with Crippen LogP contribution in [0.1, 0.15) is 49.1 Å². The van der Waals surface area contributed by atoms with Crippen LogP contribution in [-0.4, -0.2) is 16.8 Å². The summed E-state index contributed by atoms with van der Waals surface area (Å²) in [4.78, 5) is 0. The average Bonchev–Trinajstić information content (AvgIpc) is 2.97. The van der Waals surface area contributed by atoms with Crippen LogP contribution in [0.15, 0.2) is 36.4 Å². The highest BCUT2D eigenvalue weighted by molar-refractivity contribution is 5.18. The van der Waals surface area contributed by atoms with Gasteiger partial charge in [-0.05, 0) is 50.3 Å². The standard InChI is InChI=1S/C20H29N3/c1-21-15-19-14-20(13-12-17-8-4-2-5-9-17)23(22-19)16-18-10-6-3-7-11-18/h2,4-5,8-9,14,18,21H,3,6-7,10-13,15-16H2,1H3. The van der Waals surface area contributed by atoms with Crippen molar-refractivity contribution >= 4 is 0 Å². The van der Waals surface area contributed by atoms with E-state index in [9.17, 15) is 0 Å². The summed E-state index contributed by atoms with van der Waals surface area (Å²) in [5, 5.41) is 8.09. The number of benzene rings is 1. The minimum Gasteiger partial charge on any atom is -0.314 e. The van der Waals surface area contributed by atoms with Crippen LogP contribution in [0.25, 0.3) is 0 Å². The van der Waals surface area contributed by atoms with Crippen molar-refractivity contribution in [2.45, 2.75) is 58.0 Å². The van der Waals surface area contributed by atoms with E-state index in [0.29, 0.717) is 0 Å². The molecule has 1 aliphatic rings. The Bertz CT molecular complexity index is 582. The third-order valence-electron chi connectivity index (χ3n) is 4.94. The molecule has 3 rings (SSSR count). The Morgan fingerprint density at radius 2 is 1.87 bits per heavy atom. The second-order valence-electron chi connectivity index (χ2n) is 6.83. The highest BCUT2D eigenvalue weighted by Gasteiger charge is 2.16. The lowest BCUT2D eigenvalue weighted by molar-refractivity contribution is 0.304. The number of rotatable bonds is 7. The number of hydrogen-bond acceptors (Lipinski definition) is 2. The predicted octanol–water partition coefficient (Wildman–Crippen LogP) is 3.97. The Kier molecular flexibility index (Phi) is 5.87. The van der Waals surface area contributed by atoms with Crippen LogP contribution >= 0.6 is 0 Å². The fourth-order valence-electron chi connectivity index (χ4n) is 3.67. The van der Waals surface area contributed by atoms with Crippen molar-refractivity contribution in [1.82, 2.24) is 15.1 Å². The lowest BCUT2D eigenvalue weighted by Crippen LogP contribution is -2.17. The largest absolute Gasteiger partial charge is 0.314 e. The molecule has 124 valence electrons. The minimum absolute atomic E-state index is 0.821. The molecule has 1 heterocycles. The van der Waals surface area contributed by atoms with Gasteiger partial charge in [0.15, 0.2) is 0 Å². The summed E-state index contributed by atoms with van der Waals surface area (Å²) >= 11 is 0. The zero-order chi connectivity index (χ0) is 15.9. The van der Waals surface area contributed by atoms with E-state index in [4.69, 9.17) is 5.10 Å². The first-order valence-corrected chi connectivity index (χ1v) is 9.09. The van der Waals surface area contributed by atoms with Crippen LogP contribution < -0.4 is 5.32 Å². The summed E-state index contributed by atoms with van der Waals surface area (Å²) in [6, 6.07) is 13.1. The van der Waals surface area contributed by atoms with Gasteiger partial charge in [0.25, 0.3) is 0 Å². The highest BCUT2D eigenvalue weighted by Crippen LogP contribution is 2.25. The highest BCUT2D eigenvalue weighted by atomic mass is 15.3. The van der Waals surface area contributed by atoms with Gasteiger partial charge in [-0.2, -0.15) is 5.10 Å². The smallest absolute Gasteiger partial charge is 0.0765 e. The number of nitrogens with one attached hydrogen (secondary N) is 1. The Morgan fingerprint density at radius 3 is 2.61 bits per heavy atom. The summed E-state index contributed by atoms with van der Waals surface area (Å²) in [7, 11) is 1.99. The molecule has 0 bridgehead atoms. The van der Waals surface area contributed by atoms with Crippen molar-refractivity contribution < 1.29 is 0 Å². The van der Waals surface area contributed by atoms with E-state index in [1.165, 1.54) is 49.1 Å². The van der Waals surface area contributed by atoms with E-state index in [1.54, 1.807) is 0 Å². The third kappa shape index (κ3) is 4.68. The average molecular weight is 311 g/mol. The molecule has 3 nitrogen and oxygen atoms in total. The topological polar surface area (TPSA) is 29.9 Å². The summed E-state index contributed by atoms with van der Waals surface area (Å²) in [6.07, 6.45) is 9.13. The van der Waals surface area contributed by atoms with Gasteiger partial charge in [-0.1, -0.05) is 49.6 Å². The predicted molar refractivity (Wildman–Crippen MR) is 95.4 cm³/mol. The second kappa shape index (κ2) is 8.30. The summed E-state index contributed by atoms with van der Waals surface area (Å²) in [5.74, 6) is 0.821. The van der Waals surface area contributed by atoms with Gasteiger partial charge in [0.2, 0.25) is 0 Å². The molecule has 0 amide bonds. The third-order valence-corrected chi connectivity index (χ3v) is 4.94. The number of aryl methyl sites for hydroxylation is 2. The van der Waals surface area contributed by atoms with E-state index in [-0.39, 0.29) is 0 Å². The van der Waals surface area contributed by atoms with Crippen molar-refractivity contribution in [2.24, 2.45) is 5.92 Å². The minimum atomic E-state index is 0.821. The lowest BCUT2D eigenvalue weighted by Gasteiger charge is -2.22. The maximum atomic E-state index is 4.86. The maximum absolute atomic E-state index is 4.86. The van der Waals surface area contributed by atoms with Crippen LogP contribution in [0.3, 0.4) is 0 Å². The van der Waals surface area contributed by atoms with E-state index in [1.807, 2.05) is 7.05 Å². The Labute approximate surface area is 140 Å². The Balaban J connectivity index is 1.68. The van der Waals surface area contributed by atoms with Crippen LogP contribution in [0.5, 0.6) is 0 Å². The van der Waals surface area contributed by atoms with Gasteiger partial charge >= 0.3 is 0 Å². The fourth-order valence-corrected chi connectivity index (χ4v) is 3.67. The monoisotopic (exact) mass is 311 g/mol. The Morgan fingerprint density at radius 1 is 1.09 bits per heavy atom. The van der Waals surface area contributed by atoms with Crippen molar-refractivity contribution in [3.8, 4) is 0 Å². The van der Waals surface area contributed by atoms with Crippen LogP contribution in [0, 0.1) is 5.92 Å². The van der Waals surface area contributed by atoms with Gasteiger partial charge in [0.05, 0.1) is 5.69 Å². The van der Waals surface area contributed by atoms with Crippen LogP contribution in [-0.2, 0) is 25.9 Å². The van der Waals surface area contributed by atoms with Gasteiger partial charge < -0.3 is 5.32 Å². The first kappa shape index (κ1) is 16.3. The molecule has 23 heavy (non-hydrogen) atoms. The molecule has 0 unspecified atom stereocenters. The molecule has 1 fully saturated rings. The lowest BCUT2D eigenvalue weighted by atomic mass is 9.89. The first-order chi connectivity index (χ1) is 11.3. The van der Waals surface area contributed by atoms with E-state index in [0.717, 1.165) is 31.8 Å². The quantitative estimate of drug-likeness (QED) is 0.838. The zero-order valence-electron chi connectivity index (χ0n) is 14.3. The molecule has 3 heteroatoms. The first-order valence-electron chi connectivity index (χ1n) is 9.09. The molecule has 0 radical (unpaired) electrons.